The molecule has 0 saturated heterocycles. The first-order chi connectivity index (χ1) is 11.4. The number of nitrogens with one attached hydrogen (secondary N) is 2. The van der Waals surface area contributed by atoms with Crippen molar-refractivity contribution in [1.82, 2.24) is 14.6 Å². The molecule has 0 atom stereocenters. The van der Waals surface area contributed by atoms with Crippen LogP contribution in [-0.2, 0) is 14.6 Å². The summed E-state index contributed by atoms with van der Waals surface area (Å²) in [7, 11) is -5.16. The SMILES string of the molecule is CN(C)CCNS(=O)(=O)c1cc2cc(P(=O)(O)O)c(=O)[nH]c2cc1Cl. The van der Waals surface area contributed by atoms with Crippen LogP contribution in [-0.4, -0.2) is 55.3 Å². The highest BCUT2D eigenvalue weighted by atomic mass is 35.5. The zero-order valence-electron chi connectivity index (χ0n) is 13.4. The van der Waals surface area contributed by atoms with Gasteiger partial charge < -0.3 is 19.7 Å². The van der Waals surface area contributed by atoms with E-state index in [2.05, 4.69) is 9.71 Å². The largest absolute Gasteiger partial charge is 0.361 e. The summed E-state index contributed by atoms with van der Waals surface area (Å²) in [6.07, 6.45) is 0. The molecule has 12 heteroatoms. The number of fused-ring (bicyclic) bond motifs is 1. The molecule has 0 amide bonds. The Morgan fingerprint density at radius 3 is 2.48 bits per heavy atom. The van der Waals surface area contributed by atoms with Crippen molar-refractivity contribution in [2.45, 2.75) is 4.90 Å². The van der Waals surface area contributed by atoms with Gasteiger partial charge in [-0.2, -0.15) is 0 Å². The molecule has 0 fully saturated rings. The monoisotopic (exact) mass is 409 g/mol. The normalized spacial score (nSPS) is 12.9. The molecule has 0 spiro atoms. The third-order valence-corrected chi connectivity index (χ3v) is 6.22. The number of rotatable bonds is 6. The number of hydrogen-bond donors (Lipinski definition) is 4. The Hall–Kier alpha value is -1.26. The molecule has 0 radical (unpaired) electrons. The zero-order valence-corrected chi connectivity index (χ0v) is 15.8. The number of benzene rings is 1. The highest BCUT2D eigenvalue weighted by Crippen LogP contribution is 2.33. The van der Waals surface area contributed by atoms with Gasteiger partial charge in [-0.15, -0.1) is 0 Å². The van der Waals surface area contributed by atoms with Crippen LogP contribution in [0.4, 0.5) is 0 Å². The van der Waals surface area contributed by atoms with Gasteiger partial charge in [-0.1, -0.05) is 11.6 Å². The summed E-state index contributed by atoms with van der Waals surface area (Å²) in [6.45, 7) is 0.628. The fraction of sp³-hybridized carbons (Fsp3) is 0.308. The molecule has 25 heavy (non-hydrogen) atoms. The minimum atomic E-state index is -4.80. The van der Waals surface area contributed by atoms with E-state index in [1.807, 2.05) is 0 Å². The molecule has 0 saturated carbocycles. The van der Waals surface area contributed by atoms with E-state index in [4.69, 9.17) is 11.6 Å². The van der Waals surface area contributed by atoms with Crippen molar-refractivity contribution in [3.05, 3.63) is 33.6 Å². The van der Waals surface area contributed by atoms with Crippen molar-refractivity contribution < 1.29 is 22.8 Å². The molecule has 9 nitrogen and oxygen atoms in total. The van der Waals surface area contributed by atoms with Crippen molar-refractivity contribution in [1.29, 1.82) is 0 Å². The maximum Gasteiger partial charge on any atom is 0.361 e. The number of halogens is 1. The molecule has 2 aromatic rings. The van der Waals surface area contributed by atoms with Crippen LogP contribution in [0.15, 0.2) is 27.9 Å². The zero-order chi connectivity index (χ0) is 19.0. The number of hydrogen-bond acceptors (Lipinski definition) is 5. The predicted octanol–water partition coefficient (Wildman–Crippen LogP) is -0.176. The Morgan fingerprint density at radius 1 is 1.28 bits per heavy atom. The van der Waals surface area contributed by atoms with Crippen molar-refractivity contribution in [3.8, 4) is 0 Å². The summed E-state index contributed by atoms with van der Waals surface area (Å²) in [5.74, 6) is 0. The predicted molar refractivity (Wildman–Crippen MR) is 95.0 cm³/mol. The van der Waals surface area contributed by atoms with E-state index in [9.17, 15) is 27.6 Å². The van der Waals surface area contributed by atoms with Crippen molar-refractivity contribution >= 4 is 45.4 Å². The van der Waals surface area contributed by atoms with Gasteiger partial charge in [-0.25, -0.2) is 13.1 Å². The fourth-order valence-corrected chi connectivity index (χ4v) is 4.31. The lowest BCUT2D eigenvalue weighted by Crippen LogP contribution is -2.31. The number of likely N-dealkylation sites (N-methyl/N-ethyl adjacent to an activating group) is 1. The summed E-state index contributed by atoms with van der Waals surface area (Å²) in [5, 5.41) is -0.731. The molecule has 0 aliphatic heterocycles. The number of nitrogens with zero attached hydrogens (tertiary/aromatic N) is 1. The summed E-state index contributed by atoms with van der Waals surface area (Å²) in [6, 6.07) is 3.34. The number of H-pyrrole nitrogens is 1. The molecule has 1 heterocycles. The Balaban J connectivity index is 2.55. The first-order valence-electron chi connectivity index (χ1n) is 6.99. The van der Waals surface area contributed by atoms with E-state index in [0.29, 0.717) is 6.54 Å². The Labute approximate surface area is 148 Å². The van der Waals surface area contributed by atoms with Crippen LogP contribution in [0, 0.1) is 0 Å². The van der Waals surface area contributed by atoms with Crippen LogP contribution < -0.4 is 15.6 Å². The second-order valence-corrected chi connectivity index (χ2v) is 9.31. The molecule has 0 aliphatic rings. The molecule has 4 N–H and O–H groups in total. The van der Waals surface area contributed by atoms with Crippen LogP contribution >= 0.6 is 19.2 Å². The van der Waals surface area contributed by atoms with Crippen molar-refractivity contribution in [2.75, 3.05) is 27.2 Å². The standard InChI is InChI=1S/C13H17ClN3O6PS/c1-17(2)4-3-15-25(22,23)12-6-8-5-11(24(19,20)21)13(18)16-10(8)7-9(12)14/h5-7,15H,3-4H2,1-2H3,(H,16,18)(H2,19,20,21). The molecule has 2 rings (SSSR count). The van der Waals surface area contributed by atoms with Gasteiger partial charge in [0.05, 0.1) is 5.02 Å². The lowest BCUT2D eigenvalue weighted by atomic mass is 10.2. The average Bonchev–Trinajstić information content (AvgIpc) is 2.43. The number of pyridine rings is 1. The van der Waals surface area contributed by atoms with Crippen LogP contribution in [0.5, 0.6) is 0 Å². The lowest BCUT2D eigenvalue weighted by Gasteiger charge is -2.13. The first-order valence-corrected chi connectivity index (χ1v) is 10.5. The summed E-state index contributed by atoms with van der Waals surface area (Å²) in [5.41, 5.74) is -0.795. The van der Waals surface area contributed by atoms with Crippen molar-refractivity contribution in [2.24, 2.45) is 0 Å². The molecule has 0 bridgehead atoms. The van der Waals surface area contributed by atoms with Gasteiger partial charge in [-0.05, 0) is 32.3 Å². The molecular weight excluding hydrogens is 393 g/mol. The van der Waals surface area contributed by atoms with Crippen molar-refractivity contribution in [3.63, 3.8) is 0 Å². The molecule has 138 valence electrons. The highest BCUT2D eigenvalue weighted by Gasteiger charge is 2.24. The van der Waals surface area contributed by atoms with E-state index in [1.54, 1.807) is 19.0 Å². The van der Waals surface area contributed by atoms with Crippen LogP contribution in [0.3, 0.4) is 0 Å². The smallest absolute Gasteiger partial charge is 0.321 e. The van der Waals surface area contributed by atoms with Gasteiger partial charge in [0.25, 0.3) is 5.56 Å². The summed E-state index contributed by atoms with van der Waals surface area (Å²) >= 11 is 6.01. The molecule has 0 aliphatic carbocycles. The summed E-state index contributed by atoms with van der Waals surface area (Å²) in [4.78, 5) is 34.0. The van der Waals surface area contributed by atoms with Gasteiger partial charge >= 0.3 is 7.60 Å². The number of sulfonamides is 1. The van der Waals surface area contributed by atoms with Crippen LogP contribution in [0.2, 0.25) is 5.02 Å². The highest BCUT2D eigenvalue weighted by molar-refractivity contribution is 7.89. The summed E-state index contributed by atoms with van der Waals surface area (Å²) < 4.78 is 38.5. The molecule has 1 aromatic carbocycles. The topological polar surface area (TPSA) is 140 Å². The van der Waals surface area contributed by atoms with Gasteiger partial charge in [-0.3, -0.25) is 9.36 Å². The fourth-order valence-electron chi connectivity index (χ4n) is 2.10. The minimum absolute atomic E-state index is 0.121. The quantitative estimate of drug-likeness (QED) is 0.485. The van der Waals surface area contributed by atoms with Gasteiger partial charge in [0.2, 0.25) is 10.0 Å². The Bertz CT molecular complexity index is 1010. The maximum atomic E-state index is 12.4. The van der Waals surface area contributed by atoms with Gasteiger partial charge in [0, 0.05) is 24.0 Å². The third kappa shape index (κ3) is 4.68. The average molecular weight is 410 g/mol. The van der Waals surface area contributed by atoms with E-state index in [1.165, 1.54) is 6.07 Å². The third-order valence-electron chi connectivity index (χ3n) is 3.33. The molecular formula is C13H17ClN3O6PS. The number of aromatic amines is 1. The van der Waals surface area contributed by atoms with Gasteiger partial charge in [0.15, 0.2) is 0 Å². The lowest BCUT2D eigenvalue weighted by molar-refractivity contribution is 0.387. The van der Waals surface area contributed by atoms with E-state index < -0.39 is 28.5 Å². The minimum Gasteiger partial charge on any atom is -0.321 e. The van der Waals surface area contributed by atoms with Crippen LogP contribution in [0.25, 0.3) is 10.9 Å². The first kappa shape index (κ1) is 20.1. The Morgan fingerprint density at radius 2 is 1.92 bits per heavy atom. The van der Waals surface area contributed by atoms with Crippen LogP contribution in [0.1, 0.15) is 0 Å². The van der Waals surface area contributed by atoms with Gasteiger partial charge in [0.1, 0.15) is 10.2 Å². The van der Waals surface area contributed by atoms with E-state index >= 15 is 0 Å². The number of aromatic nitrogens is 1. The molecule has 0 unspecified atom stereocenters. The van der Waals surface area contributed by atoms with E-state index in [-0.39, 0.29) is 27.4 Å². The second-order valence-electron chi connectivity index (χ2n) is 5.60. The Kier molecular flexibility index (Phi) is 5.75. The second kappa shape index (κ2) is 7.16. The maximum absolute atomic E-state index is 12.4. The van der Waals surface area contributed by atoms with E-state index in [0.717, 1.165) is 12.1 Å². The molecule has 1 aromatic heterocycles.